The van der Waals surface area contributed by atoms with E-state index in [1.807, 2.05) is 41.1 Å². The van der Waals surface area contributed by atoms with E-state index in [1.165, 1.54) is 11.1 Å². The summed E-state index contributed by atoms with van der Waals surface area (Å²) in [6.45, 7) is 1.37. The van der Waals surface area contributed by atoms with Crippen molar-refractivity contribution < 1.29 is 9.53 Å². The van der Waals surface area contributed by atoms with E-state index >= 15 is 0 Å². The first-order valence-corrected chi connectivity index (χ1v) is 8.92. The van der Waals surface area contributed by atoms with Crippen molar-refractivity contribution in [1.29, 1.82) is 0 Å². The molecule has 4 nitrogen and oxygen atoms in total. The number of thioether (sulfide) groups is 1. The number of fused-ring (bicyclic) bond motifs is 1. The Morgan fingerprint density at radius 1 is 1.30 bits per heavy atom. The molecule has 118 valence electrons. The van der Waals surface area contributed by atoms with Gasteiger partial charge in [-0.25, -0.2) is 0 Å². The van der Waals surface area contributed by atoms with Crippen LogP contribution in [-0.2, 0) is 17.8 Å². The molecule has 1 atom stereocenters. The van der Waals surface area contributed by atoms with Crippen LogP contribution in [0.15, 0.2) is 42.7 Å². The Kier molecular flexibility index (Phi) is 3.95. The van der Waals surface area contributed by atoms with Gasteiger partial charge >= 0.3 is 0 Å². The van der Waals surface area contributed by atoms with E-state index in [0.717, 1.165) is 30.1 Å². The van der Waals surface area contributed by atoms with E-state index in [9.17, 15) is 4.79 Å². The van der Waals surface area contributed by atoms with Gasteiger partial charge in [0.2, 0.25) is 5.91 Å². The van der Waals surface area contributed by atoms with Crippen LogP contribution in [0.5, 0.6) is 5.75 Å². The highest BCUT2D eigenvalue weighted by Gasteiger charge is 2.30. The normalized spacial score (nSPS) is 20.3. The summed E-state index contributed by atoms with van der Waals surface area (Å²) in [4.78, 5) is 18.6. The van der Waals surface area contributed by atoms with Gasteiger partial charge in [0.05, 0.1) is 6.61 Å². The molecule has 4 rings (SSSR count). The predicted octanol–water partition coefficient (Wildman–Crippen LogP) is 3.18. The highest BCUT2D eigenvalue weighted by atomic mass is 32.2. The number of ether oxygens (including phenoxy) is 1. The summed E-state index contributed by atoms with van der Waals surface area (Å²) in [7, 11) is 0. The Morgan fingerprint density at radius 3 is 3.13 bits per heavy atom. The van der Waals surface area contributed by atoms with Crippen LogP contribution >= 0.6 is 11.8 Å². The number of carbonyl (C=O) groups is 1. The molecule has 0 bridgehead atoms. The second kappa shape index (κ2) is 6.24. The Bertz CT molecular complexity index is 720. The van der Waals surface area contributed by atoms with Crippen molar-refractivity contribution in [3.05, 3.63) is 59.4 Å². The monoisotopic (exact) mass is 326 g/mol. The zero-order chi connectivity index (χ0) is 15.6. The molecule has 0 radical (unpaired) electrons. The number of pyridine rings is 1. The fraction of sp³-hybridized carbons (Fsp3) is 0.333. The topological polar surface area (TPSA) is 42.4 Å². The SMILES string of the molecule is O=C1CCSC(c2ccc3c(c2)CCO3)N1Cc1cccnc1. The Hall–Kier alpha value is -2.01. The molecular weight excluding hydrogens is 308 g/mol. The van der Waals surface area contributed by atoms with Gasteiger partial charge in [0.25, 0.3) is 0 Å². The fourth-order valence-electron chi connectivity index (χ4n) is 3.12. The first-order chi connectivity index (χ1) is 11.3. The van der Waals surface area contributed by atoms with Crippen molar-refractivity contribution in [3.8, 4) is 5.75 Å². The van der Waals surface area contributed by atoms with Gasteiger partial charge in [-0.1, -0.05) is 12.1 Å². The minimum Gasteiger partial charge on any atom is -0.493 e. The molecule has 1 saturated heterocycles. The third-order valence-electron chi connectivity index (χ3n) is 4.27. The number of benzene rings is 1. The zero-order valence-corrected chi connectivity index (χ0v) is 13.6. The summed E-state index contributed by atoms with van der Waals surface area (Å²) in [5.74, 6) is 2.08. The molecule has 5 heteroatoms. The van der Waals surface area contributed by atoms with E-state index < -0.39 is 0 Å². The van der Waals surface area contributed by atoms with Crippen LogP contribution in [-0.4, -0.2) is 28.2 Å². The molecule has 2 aliphatic rings. The average Bonchev–Trinajstić information content (AvgIpc) is 3.05. The van der Waals surface area contributed by atoms with E-state index in [1.54, 1.807) is 6.20 Å². The van der Waals surface area contributed by atoms with E-state index in [-0.39, 0.29) is 11.3 Å². The first-order valence-electron chi connectivity index (χ1n) is 7.87. The van der Waals surface area contributed by atoms with Crippen LogP contribution in [0.2, 0.25) is 0 Å². The van der Waals surface area contributed by atoms with Crippen LogP contribution in [0.1, 0.15) is 28.5 Å². The highest BCUT2D eigenvalue weighted by molar-refractivity contribution is 7.99. The van der Waals surface area contributed by atoms with Gasteiger partial charge in [-0.15, -0.1) is 11.8 Å². The first kappa shape index (κ1) is 14.6. The lowest BCUT2D eigenvalue weighted by Gasteiger charge is -2.35. The second-order valence-corrected chi connectivity index (χ2v) is 7.01. The quantitative estimate of drug-likeness (QED) is 0.869. The Balaban J connectivity index is 1.63. The van der Waals surface area contributed by atoms with Crippen molar-refractivity contribution in [2.24, 2.45) is 0 Å². The van der Waals surface area contributed by atoms with Crippen molar-refractivity contribution in [3.63, 3.8) is 0 Å². The number of aromatic nitrogens is 1. The molecule has 0 aliphatic carbocycles. The van der Waals surface area contributed by atoms with Gasteiger partial charge in [0.15, 0.2) is 0 Å². The third kappa shape index (κ3) is 2.93. The van der Waals surface area contributed by atoms with E-state index in [4.69, 9.17) is 4.74 Å². The van der Waals surface area contributed by atoms with Crippen molar-refractivity contribution in [1.82, 2.24) is 9.88 Å². The summed E-state index contributed by atoms with van der Waals surface area (Å²) in [6.07, 6.45) is 5.15. The van der Waals surface area contributed by atoms with Crippen LogP contribution in [0.3, 0.4) is 0 Å². The summed E-state index contributed by atoms with van der Waals surface area (Å²) in [5, 5.41) is 0.0716. The molecule has 1 unspecified atom stereocenters. The van der Waals surface area contributed by atoms with E-state index in [2.05, 4.69) is 17.1 Å². The van der Waals surface area contributed by atoms with Crippen LogP contribution < -0.4 is 4.74 Å². The molecule has 1 aromatic carbocycles. The molecule has 1 amide bonds. The van der Waals surface area contributed by atoms with Crippen LogP contribution in [0.25, 0.3) is 0 Å². The average molecular weight is 326 g/mol. The van der Waals surface area contributed by atoms with Gasteiger partial charge in [-0.2, -0.15) is 0 Å². The smallest absolute Gasteiger partial charge is 0.224 e. The minimum absolute atomic E-state index is 0.0716. The predicted molar refractivity (Wildman–Crippen MR) is 90.2 cm³/mol. The molecule has 0 spiro atoms. The molecular formula is C18H18N2O2S. The third-order valence-corrected chi connectivity index (χ3v) is 5.55. The molecule has 1 fully saturated rings. The molecule has 1 aromatic heterocycles. The largest absolute Gasteiger partial charge is 0.493 e. The minimum atomic E-state index is 0.0716. The van der Waals surface area contributed by atoms with Gasteiger partial charge < -0.3 is 9.64 Å². The maximum Gasteiger partial charge on any atom is 0.224 e. The van der Waals surface area contributed by atoms with Crippen molar-refractivity contribution in [2.45, 2.75) is 24.8 Å². The second-order valence-electron chi connectivity index (χ2n) is 5.82. The van der Waals surface area contributed by atoms with Gasteiger partial charge in [-0.05, 0) is 34.9 Å². The molecule has 2 aromatic rings. The lowest BCUT2D eigenvalue weighted by Crippen LogP contribution is -2.36. The Morgan fingerprint density at radius 2 is 2.26 bits per heavy atom. The summed E-state index contributed by atoms with van der Waals surface area (Å²) >= 11 is 1.84. The van der Waals surface area contributed by atoms with Crippen LogP contribution in [0.4, 0.5) is 0 Å². The number of carbonyl (C=O) groups excluding carboxylic acids is 1. The number of amides is 1. The number of hydrogen-bond acceptors (Lipinski definition) is 4. The standard InChI is InChI=1S/C18H18N2O2S/c21-17-6-9-23-18(20(17)12-13-2-1-7-19-11-13)15-3-4-16-14(10-15)5-8-22-16/h1-4,7,10-11,18H,5-6,8-9,12H2. The number of rotatable bonds is 3. The Labute approximate surface area is 139 Å². The zero-order valence-electron chi connectivity index (χ0n) is 12.8. The highest BCUT2D eigenvalue weighted by Crippen LogP contribution is 2.40. The van der Waals surface area contributed by atoms with Crippen LogP contribution in [0, 0.1) is 0 Å². The van der Waals surface area contributed by atoms with Crippen molar-refractivity contribution >= 4 is 17.7 Å². The number of nitrogens with zero attached hydrogens (tertiary/aromatic N) is 2. The maximum absolute atomic E-state index is 12.5. The summed E-state index contributed by atoms with van der Waals surface area (Å²) < 4.78 is 5.59. The molecule has 2 aliphatic heterocycles. The van der Waals surface area contributed by atoms with E-state index in [0.29, 0.717) is 13.0 Å². The summed E-state index contributed by atoms with van der Waals surface area (Å²) in [6, 6.07) is 10.3. The van der Waals surface area contributed by atoms with Gasteiger partial charge in [-0.3, -0.25) is 9.78 Å². The molecule has 0 saturated carbocycles. The van der Waals surface area contributed by atoms with Gasteiger partial charge in [0, 0.05) is 37.5 Å². The molecule has 0 N–H and O–H groups in total. The fourth-order valence-corrected chi connectivity index (χ4v) is 4.34. The molecule has 3 heterocycles. The van der Waals surface area contributed by atoms with Crippen molar-refractivity contribution in [2.75, 3.05) is 12.4 Å². The maximum atomic E-state index is 12.5. The van der Waals surface area contributed by atoms with Gasteiger partial charge in [0.1, 0.15) is 11.1 Å². The lowest BCUT2D eigenvalue weighted by molar-refractivity contribution is -0.132. The number of hydrogen-bond donors (Lipinski definition) is 0. The summed E-state index contributed by atoms with van der Waals surface area (Å²) in [5.41, 5.74) is 3.51. The molecule has 23 heavy (non-hydrogen) atoms. The lowest BCUT2D eigenvalue weighted by atomic mass is 10.1.